The van der Waals surface area contributed by atoms with E-state index in [1.807, 2.05) is 25.1 Å². The summed E-state index contributed by atoms with van der Waals surface area (Å²) in [5.74, 6) is 0.0103. The van der Waals surface area contributed by atoms with Gasteiger partial charge in [0.25, 0.3) is 0 Å². The Labute approximate surface area is 165 Å². The maximum atomic E-state index is 5.42. The van der Waals surface area contributed by atoms with Crippen LogP contribution in [0.2, 0.25) is 0 Å². The molecule has 0 radical (unpaired) electrons. The molecule has 2 aromatic heterocycles. The minimum absolute atomic E-state index is 0.0103. The molecule has 27 heavy (non-hydrogen) atoms. The van der Waals surface area contributed by atoms with Gasteiger partial charge in [0, 0.05) is 11.8 Å². The third-order valence-electron chi connectivity index (χ3n) is 3.98. The van der Waals surface area contributed by atoms with Crippen LogP contribution < -0.4 is 11.5 Å². The van der Waals surface area contributed by atoms with Gasteiger partial charge < -0.3 is 11.5 Å². The van der Waals surface area contributed by atoms with E-state index < -0.39 is 0 Å². The van der Waals surface area contributed by atoms with Gasteiger partial charge in [0.2, 0.25) is 5.13 Å². The second-order valence-corrected chi connectivity index (χ2v) is 7.93. The smallest absolute Gasteiger partial charge is 0.212 e. The molecule has 134 valence electrons. The number of aryl methyl sites for hydroxylation is 1. The van der Waals surface area contributed by atoms with E-state index in [1.165, 1.54) is 22.5 Å². The highest BCUT2D eigenvalue weighted by atomic mass is 32.1. The fourth-order valence-corrected chi connectivity index (χ4v) is 4.74. The molecule has 0 unspecified atom stereocenters. The zero-order valence-electron chi connectivity index (χ0n) is 14.6. The number of rotatable bonds is 4. The Kier molecular flexibility index (Phi) is 4.70. The van der Waals surface area contributed by atoms with Crippen LogP contribution in [0.3, 0.4) is 0 Å². The van der Waals surface area contributed by atoms with Gasteiger partial charge in [-0.1, -0.05) is 65.9 Å². The van der Waals surface area contributed by atoms with Crippen molar-refractivity contribution in [3.8, 4) is 31.5 Å². The molecule has 0 atom stereocenters. The predicted molar refractivity (Wildman–Crippen MR) is 114 cm³/mol. The molecule has 0 aliphatic heterocycles. The summed E-state index contributed by atoms with van der Waals surface area (Å²) in [7, 11) is 0. The average Bonchev–Trinajstić information content (AvgIpc) is 3.28. The average molecular weight is 392 g/mol. The first-order chi connectivity index (χ1) is 13.1. The first kappa shape index (κ1) is 17.4. The summed E-state index contributed by atoms with van der Waals surface area (Å²) in [5, 5.41) is 1.53. The number of guanidine groups is 1. The van der Waals surface area contributed by atoms with Crippen LogP contribution in [-0.2, 0) is 0 Å². The lowest BCUT2D eigenvalue weighted by Crippen LogP contribution is -2.21. The largest absolute Gasteiger partial charge is 0.370 e. The van der Waals surface area contributed by atoms with Crippen LogP contribution in [0.15, 0.2) is 65.8 Å². The van der Waals surface area contributed by atoms with E-state index in [0.29, 0.717) is 5.13 Å². The lowest BCUT2D eigenvalue weighted by molar-refractivity contribution is 1.27. The minimum Gasteiger partial charge on any atom is -0.370 e. The first-order valence-electron chi connectivity index (χ1n) is 8.29. The van der Waals surface area contributed by atoms with Gasteiger partial charge in [-0.05, 0) is 18.1 Å². The van der Waals surface area contributed by atoms with Crippen LogP contribution in [-0.4, -0.2) is 15.9 Å². The van der Waals surface area contributed by atoms with E-state index in [9.17, 15) is 0 Å². The minimum atomic E-state index is 0.0103. The van der Waals surface area contributed by atoms with Crippen molar-refractivity contribution in [2.24, 2.45) is 16.5 Å². The second kappa shape index (κ2) is 7.30. The molecule has 4 N–H and O–H groups in total. The Morgan fingerprint density at radius 3 is 2.26 bits per heavy atom. The summed E-state index contributed by atoms with van der Waals surface area (Å²) in [6.45, 7) is 2.01. The molecule has 0 saturated carbocycles. The summed E-state index contributed by atoms with van der Waals surface area (Å²) < 4.78 is 0. The summed E-state index contributed by atoms with van der Waals surface area (Å²) >= 11 is 3.10. The van der Waals surface area contributed by atoms with Gasteiger partial charge in [0.05, 0.1) is 15.4 Å². The van der Waals surface area contributed by atoms with E-state index in [0.717, 1.165) is 26.0 Å². The number of aromatic nitrogens is 2. The molecule has 2 aromatic carbocycles. The van der Waals surface area contributed by atoms with Crippen LogP contribution in [0.5, 0.6) is 0 Å². The van der Waals surface area contributed by atoms with Crippen LogP contribution in [0.4, 0.5) is 5.13 Å². The zero-order chi connectivity index (χ0) is 18.8. The van der Waals surface area contributed by atoms with Crippen molar-refractivity contribution >= 4 is 33.8 Å². The Hall–Kier alpha value is -3.03. The van der Waals surface area contributed by atoms with Crippen molar-refractivity contribution in [1.82, 2.24) is 9.97 Å². The van der Waals surface area contributed by atoms with Crippen LogP contribution in [0, 0.1) is 6.92 Å². The van der Waals surface area contributed by atoms with Gasteiger partial charge in [-0.2, -0.15) is 4.99 Å². The Balaban J connectivity index is 1.63. The molecule has 5 nitrogen and oxygen atoms in total. The van der Waals surface area contributed by atoms with Crippen molar-refractivity contribution in [3.05, 3.63) is 66.5 Å². The molecule has 2 heterocycles. The first-order valence-corrected chi connectivity index (χ1v) is 9.92. The monoisotopic (exact) mass is 391 g/mol. The van der Waals surface area contributed by atoms with Gasteiger partial charge >= 0.3 is 0 Å². The lowest BCUT2D eigenvalue weighted by atomic mass is 10.0. The third kappa shape index (κ3) is 3.74. The van der Waals surface area contributed by atoms with E-state index >= 15 is 0 Å². The van der Waals surface area contributed by atoms with Crippen LogP contribution in [0.1, 0.15) is 5.69 Å². The van der Waals surface area contributed by atoms with Crippen molar-refractivity contribution in [2.45, 2.75) is 6.92 Å². The fourth-order valence-electron chi connectivity index (χ4n) is 2.72. The normalized spacial score (nSPS) is 10.7. The standard InChI is InChI=1S/C20H17N5S2/c1-12-17(16-11-23-20(26-16)25-19(21)22)27-18(24-12)15-9-7-14(8-10-15)13-5-3-2-4-6-13/h2-11H,1H3,(H4,21,22,23,25). The third-order valence-corrected chi connectivity index (χ3v) is 6.26. The zero-order valence-corrected chi connectivity index (χ0v) is 16.2. The molecule has 0 saturated heterocycles. The molecule has 0 bridgehead atoms. The van der Waals surface area contributed by atoms with Gasteiger partial charge in [0.15, 0.2) is 5.96 Å². The predicted octanol–water partition coefficient (Wildman–Crippen LogP) is 4.81. The molecular weight excluding hydrogens is 374 g/mol. The van der Waals surface area contributed by atoms with Gasteiger partial charge in [-0.25, -0.2) is 9.97 Å². The van der Waals surface area contributed by atoms with Crippen molar-refractivity contribution in [1.29, 1.82) is 0 Å². The molecule has 4 aromatic rings. The Morgan fingerprint density at radius 2 is 1.56 bits per heavy atom. The number of hydrogen-bond acceptors (Lipinski definition) is 5. The van der Waals surface area contributed by atoms with Crippen LogP contribution >= 0.6 is 22.7 Å². The summed E-state index contributed by atoms with van der Waals surface area (Å²) in [6.07, 6.45) is 1.79. The quantitative estimate of drug-likeness (QED) is 0.386. The van der Waals surface area contributed by atoms with Gasteiger partial charge in [-0.15, -0.1) is 11.3 Å². The number of nitrogens with two attached hydrogens (primary N) is 2. The summed E-state index contributed by atoms with van der Waals surface area (Å²) in [4.78, 5) is 15.1. The summed E-state index contributed by atoms with van der Waals surface area (Å²) in [5.41, 5.74) is 15.3. The molecule has 4 rings (SSSR count). The van der Waals surface area contributed by atoms with Gasteiger partial charge in [-0.3, -0.25) is 0 Å². The molecule has 0 amide bonds. The number of aliphatic imine (C=N–C) groups is 1. The number of hydrogen-bond donors (Lipinski definition) is 2. The number of benzene rings is 2. The maximum Gasteiger partial charge on any atom is 0.212 e. The van der Waals surface area contributed by atoms with E-state index in [2.05, 4.69) is 46.4 Å². The molecule has 0 fully saturated rings. The van der Waals surface area contributed by atoms with E-state index in [-0.39, 0.29) is 5.96 Å². The number of nitrogens with zero attached hydrogens (tertiary/aromatic N) is 3. The highest BCUT2D eigenvalue weighted by Gasteiger charge is 2.14. The molecule has 7 heteroatoms. The molecule has 0 aliphatic rings. The molecule has 0 spiro atoms. The van der Waals surface area contributed by atoms with Crippen molar-refractivity contribution < 1.29 is 0 Å². The SMILES string of the molecule is Cc1nc(-c2ccc(-c3ccccc3)cc2)sc1-c1cnc(N=C(N)N)s1. The molecule has 0 aliphatic carbocycles. The Bertz CT molecular complexity index is 1090. The van der Waals surface area contributed by atoms with Crippen LogP contribution in [0.25, 0.3) is 31.5 Å². The van der Waals surface area contributed by atoms with E-state index in [4.69, 9.17) is 16.5 Å². The molecular formula is C20H17N5S2. The maximum absolute atomic E-state index is 5.42. The summed E-state index contributed by atoms with van der Waals surface area (Å²) in [6, 6.07) is 18.8. The Morgan fingerprint density at radius 1 is 0.889 bits per heavy atom. The highest BCUT2D eigenvalue weighted by Crippen LogP contribution is 2.39. The highest BCUT2D eigenvalue weighted by molar-refractivity contribution is 7.25. The van der Waals surface area contributed by atoms with Crippen molar-refractivity contribution in [2.75, 3.05) is 0 Å². The lowest BCUT2D eigenvalue weighted by Gasteiger charge is -2.02. The van der Waals surface area contributed by atoms with Gasteiger partial charge in [0.1, 0.15) is 5.01 Å². The van der Waals surface area contributed by atoms with E-state index in [1.54, 1.807) is 17.5 Å². The van der Waals surface area contributed by atoms with Crippen molar-refractivity contribution in [3.63, 3.8) is 0 Å². The topological polar surface area (TPSA) is 90.2 Å². The number of thiazole rings is 2. The fraction of sp³-hybridized carbons (Fsp3) is 0.0500. The second-order valence-electron chi connectivity index (χ2n) is 5.92.